The van der Waals surface area contributed by atoms with Gasteiger partial charge in [0.05, 0.1) is 11.0 Å². The molecule has 3 aromatic heterocycles. The monoisotopic (exact) mass is 439 g/mol. The molecule has 168 valence electrons. The average Bonchev–Trinajstić information content (AvgIpc) is 3.09. The number of nitrogens with zero attached hydrogens (tertiary/aromatic N) is 5. The molecular weight excluding hydrogens is 410 g/mol. The lowest BCUT2D eigenvalue weighted by molar-refractivity contribution is 0.556. The van der Waals surface area contributed by atoms with Gasteiger partial charge >= 0.3 is 0 Å². The van der Waals surface area contributed by atoms with Crippen molar-refractivity contribution in [3.63, 3.8) is 0 Å². The maximum absolute atomic E-state index is 13.8. The van der Waals surface area contributed by atoms with Crippen LogP contribution >= 0.6 is 0 Å². The van der Waals surface area contributed by atoms with Gasteiger partial charge in [0.25, 0.3) is 5.56 Å². The van der Waals surface area contributed by atoms with Crippen LogP contribution in [0, 0.1) is 20.8 Å². The van der Waals surface area contributed by atoms with E-state index in [1.54, 1.807) is 4.57 Å². The lowest BCUT2D eigenvalue weighted by atomic mass is 10.1. The molecule has 5 rings (SSSR count). The summed E-state index contributed by atoms with van der Waals surface area (Å²) < 4.78 is 3.81. The third kappa shape index (κ3) is 3.69. The summed E-state index contributed by atoms with van der Waals surface area (Å²) >= 11 is 0. The molecule has 0 aliphatic rings. The van der Waals surface area contributed by atoms with Crippen molar-refractivity contribution in [2.24, 2.45) is 0 Å². The summed E-state index contributed by atoms with van der Waals surface area (Å²) in [6.07, 6.45) is 4.41. The maximum atomic E-state index is 13.8. The lowest BCUT2D eigenvalue weighted by Crippen LogP contribution is -2.24. The number of hydrogen-bond donors (Lipinski definition) is 0. The number of unbranched alkanes of at least 4 members (excludes halogenated alkanes) is 3. The Kier molecular flexibility index (Phi) is 5.44. The normalized spacial score (nSPS) is 11.8. The van der Waals surface area contributed by atoms with Crippen molar-refractivity contribution in [1.29, 1.82) is 0 Å². The van der Waals surface area contributed by atoms with Gasteiger partial charge in [-0.2, -0.15) is 0 Å². The molecule has 0 fully saturated rings. The molecule has 0 atom stereocenters. The van der Waals surface area contributed by atoms with E-state index in [2.05, 4.69) is 39.0 Å². The van der Waals surface area contributed by atoms with Crippen LogP contribution in [0.15, 0.2) is 47.3 Å². The predicted octanol–water partition coefficient (Wildman–Crippen LogP) is 5.79. The molecule has 2 aromatic carbocycles. The van der Waals surface area contributed by atoms with E-state index >= 15 is 0 Å². The van der Waals surface area contributed by atoms with E-state index in [1.807, 2.05) is 35.8 Å². The first-order valence-corrected chi connectivity index (χ1v) is 11.7. The lowest BCUT2D eigenvalue weighted by Gasteiger charge is -2.12. The average molecular weight is 440 g/mol. The van der Waals surface area contributed by atoms with E-state index in [-0.39, 0.29) is 5.56 Å². The van der Waals surface area contributed by atoms with Crippen molar-refractivity contribution in [3.05, 3.63) is 69.8 Å². The Morgan fingerprint density at radius 2 is 1.52 bits per heavy atom. The zero-order valence-corrected chi connectivity index (χ0v) is 19.7. The first kappa shape index (κ1) is 21.3. The molecule has 0 N–H and O–H groups in total. The van der Waals surface area contributed by atoms with Gasteiger partial charge in [0.15, 0.2) is 11.3 Å². The van der Waals surface area contributed by atoms with E-state index in [9.17, 15) is 4.79 Å². The Bertz CT molecular complexity index is 1540. The molecule has 5 aromatic rings. The SMILES string of the molecule is CCCCCCn1c(C)nc2c(c1=O)c1nc3ccccc3nc1n2-c1cc(C)cc(C)c1. The van der Waals surface area contributed by atoms with Crippen LogP contribution in [0.3, 0.4) is 0 Å². The second-order valence-corrected chi connectivity index (χ2v) is 8.94. The number of aromatic nitrogens is 5. The number of para-hydroxylation sites is 2. The first-order chi connectivity index (χ1) is 16.0. The topological polar surface area (TPSA) is 65.6 Å². The molecule has 0 spiro atoms. The van der Waals surface area contributed by atoms with Crippen LogP contribution in [0.4, 0.5) is 0 Å². The van der Waals surface area contributed by atoms with Crippen LogP contribution in [0.5, 0.6) is 0 Å². The third-order valence-electron chi connectivity index (χ3n) is 6.25. The standard InChI is InChI=1S/C27H29N5O/c1-5-6-7-10-13-31-19(4)28-25-23(27(31)33)24-26(30-22-12-9-8-11-21(22)29-24)32(25)20-15-17(2)14-18(3)16-20/h8-9,11-12,14-16H,5-7,10,13H2,1-4H3. The van der Waals surface area contributed by atoms with Gasteiger partial charge in [-0.05, 0) is 62.6 Å². The van der Waals surface area contributed by atoms with Crippen LogP contribution in [-0.4, -0.2) is 24.1 Å². The molecule has 0 unspecified atom stereocenters. The number of fused-ring (bicyclic) bond motifs is 4. The summed E-state index contributed by atoms with van der Waals surface area (Å²) in [4.78, 5) is 28.6. The highest BCUT2D eigenvalue weighted by Crippen LogP contribution is 2.29. The predicted molar refractivity (Wildman–Crippen MR) is 134 cm³/mol. The molecule has 6 heteroatoms. The minimum Gasteiger partial charge on any atom is -0.296 e. The summed E-state index contributed by atoms with van der Waals surface area (Å²) in [5, 5.41) is 0.545. The molecular formula is C27H29N5O. The van der Waals surface area contributed by atoms with E-state index < -0.39 is 0 Å². The van der Waals surface area contributed by atoms with Gasteiger partial charge < -0.3 is 0 Å². The van der Waals surface area contributed by atoms with Gasteiger partial charge in [-0.25, -0.2) is 15.0 Å². The highest BCUT2D eigenvalue weighted by molar-refractivity contribution is 6.05. The summed E-state index contributed by atoms with van der Waals surface area (Å²) in [6.45, 7) is 8.93. The molecule has 0 saturated heterocycles. The van der Waals surface area contributed by atoms with Gasteiger partial charge in [0.1, 0.15) is 16.7 Å². The number of rotatable bonds is 6. The molecule has 0 bridgehead atoms. The Hall–Kier alpha value is -3.54. The quantitative estimate of drug-likeness (QED) is 0.314. The van der Waals surface area contributed by atoms with Crippen molar-refractivity contribution in [2.45, 2.75) is 59.9 Å². The first-order valence-electron chi connectivity index (χ1n) is 11.7. The van der Waals surface area contributed by atoms with E-state index in [0.717, 1.165) is 52.9 Å². The van der Waals surface area contributed by atoms with Crippen molar-refractivity contribution in [3.8, 4) is 5.69 Å². The van der Waals surface area contributed by atoms with Crippen LogP contribution in [0.25, 0.3) is 38.9 Å². The Morgan fingerprint density at radius 3 is 2.21 bits per heavy atom. The molecule has 0 saturated carbocycles. The Morgan fingerprint density at radius 1 is 0.818 bits per heavy atom. The van der Waals surface area contributed by atoms with Crippen LogP contribution in [0.1, 0.15) is 49.6 Å². The molecule has 0 aliphatic heterocycles. The summed E-state index contributed by atoms with van der Waals surface area (Å²) in [6, 6.07) is 14.1. The fraction of sp³-hybridized carbons (Fsp3) is 0.333. The van der Waals surface area contributed by atoms with E-state index in [1.165, 1.54) is 6.42 Å². The minimum absolute atomic E-state index is 0.0355. The van der Waals surface area contributed by atoms with Crippen LogP contribution in [0.2, 0.25) is 0 Å². The van der Waals surface area contributed by atoms with Gasteiger partial charge in [-0.1, -0.05) is 44.4 Å². The molecule has 33 heavy (non-hydrogen) atoms. The highest BCUT2D eigenvalue weighted by atomic mass is 16.1. The van der Waals surface area contributed by atoms with Gasteiger partial charge in [-0.3, -0.25) is 13.9 Å². The van der Waals surface area contributed by atoms with Gasteiger partial charge in [-0.15, -0.1) is 0 Å². The smallest absolute Gasteiger partial charge is 0.265 e. The second-order valence-electron chi connectivity index (χ2n) is 8.94. The largest absolute Gasteiger partial charge is 0.296 e. The number of benzene rings is 2. The van der Waals surface area contributed by atoms with E-state index in [0.29, 0.717) is 28.7 Å². The summed E-state index contributed by atoms with van der Waals surface area (Å²) in [5.74, 6) is 0.724. The Labute approximate surface area is 192 Å². The minimum atomic E-state index is -0.0355. The number of hydrogen-bond acceptors (Lipinski definition) is 4. The Balaban J connectivity index is 1.86. The molecule has 3 heterocycles. The highest BCUT2D eigenvalue weighted by Gasteiger charge is 2.22. The van der Waals surface area contributed by atoms with Crippen molar-refractivity contribution < 1.29 is 0 Å². The molecule has 6 nitrogen and oxygen atoms in total. The summed E-state index contributed by atoms with van der Waals surface area (Å²) in [5.41, 5.74) is 6.69. The zero-order chi connectivity index (χ0) is 23.1. The molecule has 0 radical (unpaired) electrons. The second kappa shape index (κ2) is 8.43. The number of aryl methyl sites for hydroxylation is 3. The molecule has 0 amide bonds. The maximum Gasteiger partial charge on any atom is 0.265 e. The molecule has 0 aliphatic carbocycles. The fourth-order valence-electron chi connectivity index (χ4n) is 4.72. The van der Waals surface area contributed by atoms with Crippen molar-refractivity contribution in [2.75, 3.05) is 0 Å². The van der Waals surface area contributed by atoms with Crippen LogP contribution in [-0.2, 0) is 6.54 Å². The van der Waals surface area contributed by atoms with Crippen LogP contribution < -0.4 is 5.56 Å². The zero-order valence-electron chi connectivity index (χ0n) is 19.7. The van der Waals surface area contributed by atoms with Gasteiger partial charge in [0, 0.05) is 12.2 Å². The van der Waals surface area contributed by atoms with Gasteiger partial charge in [0.2, 0.25) is 0 Å². The van der Waals surface area contributed by atoms with Crippen molar-refractivity contribution >= 4 is 33.2 Å². The fourth-order valence-corrected chi connectivity index (χ4v) is 4.72. The third-order valence-corrected chi connectivity index (χ3v) is 6.25. The van der Waals surface area contributed by atoms with Crippen molar-refractivity contribution in [1.82, 2.24) is 24.1 Å². The summed E-state index contributed by atoms with van der Waals surface area (Å²) in [7, 11) is 0. The van der Waals surface area contributed by atoms with E-state index in [4.69, 9.17) is 15.0 Å².